The number of piperidine rings is 2. The summed E-state index contributed by atoms with van der Waals surface area (Å²) in [6.07, 6.45) is 4.88. The fraction of sp³-hybridized carbons (Fsp3) is 0.611. The Morgan fingerprint density at radius 1 is 1.15 bits per heavy atom. The van der Waals surface area contributed by atoms with Crippen molar-refractivity contribution in [3.8, 4) is 0 Å². The lowest BCUT2D eigenvalue weighted by atomic mass is 9.99. The smallest absolute Gasteiger partial charge is 0.270 e. The van der Waals surface area contributed by atoms with Crippen LogP contribution in [-0.2, 0) is 14.8 Å². The van der Waals surface area contributed by atoms with Crippen molar-refractivity contribution in [1.82, 2.24) is 9.21 Å². The van der Waals surface area contributed by atoms with Crippen LogP contribution in [0.1, 0.15) is 45.4 Å². The van der Waals surface area contributed by atoms with Crippen LogP contribution in [0.15, 0.2) is 29.2 Å². The molecule has 0 saturated carbocycles. The van der Waals surface area contributed by atoms with Gasteiger partial charge in [0.05, 0.1) is 9.82 Å². The molecular weight excluding hydrogens is 370 g/mol. The molecule has 2 aliphatic rings. The van der Waals surface area contributed by atoms with E-state index < -0.39 is 21.0 Å². The van der Waals surface area contributed by atoms with Gasteiger partial charge < -0.3 is 4.90 Å². The predicted octanol–water partition coefficient (Wildman–Crippen LogP) is 2.54. The summed E-state index contributed by atoms with van der Waals surface area (Å²) in [4.78, 5) is 25.2. The van der Waals surface area contributed by atoms with Gasteiger partial charge in [-0.2, -0.15) is 4.31 Å². The van der Waals surface area contributed by atoms with Crippen molar-refractivity contribution in [3.63, 3.8) is 0 Å². The zero-order valence-corrected chi connectivity index (χ0v) is 16.2. The highest BCUT2D eigenvalue weighted by atomic mass is 32.2. The second-order valence-corrected chi connectivity index (χ2v) is 9.15. The number of rotatable bonds is 4. The standard InChI is InChI=1S/C18H25N3O5S/c1-14-7-2-4-11-19(14)18(22)17-10-3-5-12-20(17)27(25,26)16-9-6-8-15(13-16)21(23)24/h6,8-9,13-14,17H,2-5,7,10-12H2,1H3/t14-,17-/m1/s1. The molecule has 1 aromatic rings. The number of hydrogen-bond donors (Lipinski definition) is 0. The normalized spacial score (nSPS) is 24.6. The second-order valence-electron chi connectivity index (χ2n) is 7.26. The molecule has 2 heterocycles. The molecule has 148 valence electrons. The van der Waals surface area contributed by atoms with E-state index in [1.54, 1.807) is 4.90 Å². The number of carbonyl (C=O) groups is 1. The minimum Gasteiger partial charge on any atom is -0.339 e. The van der Waals surface area contributed by atoms with E-state index in [-0.39, 0.29) is 29.1 Å². The van der Waals surface area contributed by atoms with Crippen molar-refractivity contribution in [3.05, 3.63) is 34.4 Å². The number of amides is 1. The van der Waals surface area contributed by atoms with Crippen molar-refractivity contribution in [2.45, 2.75) is 62.4 Å². The van der Waals surface area contributed by atoms with E-state index in [0.717, 1.165) is 31.7 Å². The first-order chi connectivity index (χ1) is 12.8. The Morgan fingerprint density at radius 2 is 1.85 bits per heavy atom. The van der Waals surface area contributed by atoms with Gasteiger partial charge in [-0.05, 0) is 45.1 Å². The van der Waals surface area contributed by atoms with Crippen molar-refractivity contribution in [2.75, 3.05) is 13.1 Å². The molecule has 0 unspecified atom stereocenters. The average molecular weight is 395 g/mol. The van der Waals surface area contributed by atoms with E-state index in [4.69, 9.17) is 0 Å². The predicted molar refractivity (Wildman–Crippen MR) is 99.7 cm³/mol. The number of carbonyl (C=O) groups excluding carboxylic acids is 1. The lowest BCUT2D eigenvalue weighted by Crippen LogP contribution is -2.55. The summed E-state index contributed by atoms with van der Waals surface area (Å²) >= 11 is 0. The van der Waals surface area contributed by atoms with Crippen LogP contribution < -0.4 is 0 Å². The van der Waals surface area contributed by atoms with Crippen molar-refractivity contribution < 1.29 is 18.1 Å². The molecule has 0 aromatic heterocycles. The van der Waals surface area contributed by atoms with Crippen LogP contribution in [0.5, 0.6) is 0 Å². The van der Waals surface area contributed by atoms with Crippen LogP contribution in [0.4, 0.5) is 5.69 Å². The van der Waals surface area contributed by atoms with Gasteiger partial charge in [0.25, 0.3) is 5.69 Å². The van der Waals surface area contributed by atoms with Crippen molar-refractivity contribution >= 4 is 21.6 Å². The number of sulfonamides is 1. The van der Waals surface area contributed by atoms with Crippen LogP contribution >= 0.6 is 0 Å². The van der Waals surface area contributed by atoms with E-state index in [1.807, 2.05) is 6.92 Å². The Kier molecular flexibility index (Phi) is 5.81. The van der Waals surface area contributed by atoms with Gasteiger partial charge in [-0.25, -0.2) is 8.42 Å². The average Bonchev–Trinajstić information content (AvgIpc) is 2.68. The number of nitro groups is 1. The number of benzene rings is 1. The second kappa shape index (κ2) is 7.93. The van der Waals surface area contributed by atoms with Crippen molar-refractivity contribution in [2.24, 2.45) is 0 Å². The van der Waals surface area contributed by atoms with Gasteiger partial charge in [-0.15, -0.1) is 0 Å². The maximum absolute atomic E-state index is 13.2. The van der Waals surface area contributed by atoms with Gasteiger partial charge in [-0.1, -0.05) is 12.5 Å². The summed E-state index contributed by atoms with van der Waals surface area (Å²) < 4.78 is 27.6. The molecule has 0 spiro atoms. The Hall–Kier alpha value is -2.00. The van der Waals surface area contributed by atoms with E-state index in [2.05, 4.69) is 0 Å². The quantitative estimate of drug-likeness (QED) is 0.576. The topological polar surface area (TPSA) is 101 Å². The minimum absolute atomic E-state index is 0.107. The molecular formula is C18H25N3O5S. The first-order valence-corrected chi connectivity index (χ1v) is 10.8. The summed E-state index contributed by atoms with van der Waals surface area (Å²) in [6, 6.07) is 4.40. The zero-order chi connectivity index (χ0) is 19.6. The summed E-state index contributed by atoms with van der Waals surface area (Å²) in [6.45, 7) is 2.91. The van der Waals surface area contributed by atoms with Crippen LogP contribution in [0.3, 0.4) is 0 Å². The van der Waals surface area contributed by atoms with Crippen LogP contribution in [0.2, 0.25) is 0 Å². The molecule has 0 radical (unpaired) electrons. The highest BCUT2D eigenvalue weighted by Crippen LogP contribution is 2.29. The molecule has 27 heavy (non-hydrogen) atoms. The van der Waals surface area contributed by atoms with E-state index in [0.29, 0.717) is 19.4 Å². The Balaban J connectivity index is 1.91. The fourth-order valence-corrected chi connectivity index (χ4v) is 5.64. The van der Waals surface area contributed by atoms with Crippen LogP contribution in [0.25, 0.3) is 0 Å². The zero-order valence-electron chi connectivity index (χ0n) is 15.4. The van der Waals surface area contributed by atoms with Crippen molar-refractivity contribution in [1.29, 1.82) is 0 Å². The number of nitro benzene ring substituents is 1. The van der Waals surface area contributed by atoms with Crippen LogP contribution in [0, 0.1) is 10.1 Å². The van der Waals surface area contributed by atoms with Gasteiger partial charge in [0.15, 0.2) is 0 Å². The summed E-state index contributed by atoms with van der Waals surface area (Å²) in [5, 5.41) is 11.0. The van der Waals surface area contributed by atoms with Gasteiger partial charge >= 0.3 is 0 Å². The van der Waals surface area contributed by atoms with Gasteiger partial charge in [-0.3, -0.25) is 14.9 Å². The molecule has 2 aliphatic heterocycles. The Bertz CT molecular complexity index is 826. The number of hydrogen-bond acceptors (Lipinski definition) is 5. The maximum atomic E-state index is 13.2. The van der Waals surface area contributed by atoms with Gasteiger partial charge in [0.2, 0.25) is 15.9 Å². The lowest BCUT2D eigenvalue weighted by Gasteiger charge is -2.40. The van der Waals surface area contributed by atoms with Crippen LogP contribution in [-0.4, -0.2) is 53.6 Å². The van der Waals surface area contributed by atoms with Gasteiger partial charge in [0.1, 0.15) is 6.04 Å². The maximum Gasteiger partial charge on any atom is 0.270 e. The third kappa shape index (κ3) is 3.98. The molecule has 3 rings (SSSR count). The molecule has 1 aromatic carbocycles. The molecule has 9 heteroatoms. The molecule has 2 atom stereocenters. The molecule has 0 aliphatic carbocycles. The lowest BCUT2D eigenvalue weighted by molar-refractivity contribution is -0.385. The minimum atomic E-state index is -3.99. The number of likely N-dealkylation sites (tertiary alicyclic amines) is 1. The molecule has 0 bridgehead atoms. The first-order valence-electron chi connectivity index (χ1n) is 9.39. The van der Waals surface area contributed by atoms with E-state index in [9.17, 15) is 23.3 Å². The third-order valence-electron chi connectivity index (χ3n) is 5.46. The molecule has 8 nitrogen and oxygen atoms in total. The highest BCUT2D eigenvalue weighted by Gasteiger charge is 2.41. The molecule has 1 amide bonds. The third-order valence-corrected chi connectivity index (χ3v) is 7.36. The molecule has 2 fully saturated rings. The summed E-state index contributed by atoms with van der Waals surface area (Å²) in [5.74, 6) is -0.143. The number of nitrogens with zero attached hydrogens (tertiary/aromatic N) is 3. The van der Waals surface area contributed by atoms with Gasteiger partial charge in [0, 0.05) is 31.3 Å². The Labute approximate surface area is 159 Å². The fourth-order valence-electron chi connectivity index (χ4n) is 3.95. The summed E-state index contributed by atoms with van der Waals surface area (Å²) in [7, 11) is -3.99. The Morgan fingerprint density at radius 3 is 2.56 bits per heavy atom. The van der Waals surface area contributed by atoms with E-state index >= 15 is 0 Å². The SMILES string of the molecule is C[C@@H]1CCCCN1C(=O)[C@H]1CCCCN1S(=O)(=O)c1cccc([N+](=O)[O-])c1. The number of non-ortho nitro benzene ring substituents is 1. The molecule has 0 N–H and O–H groups in total. The van der Waals surface area contributed by atoms with E-state index in [1.165, 1.54) is 22.5 Å². The highest BCUT2D eigenvalue weighted by molar-refractivity contribution is 7.89. The first kappa shape index (κ1) is 19.8. The molecule has 2 saturated heterocycles. The largest absolute Gasteiger partial charge is 0.339 e. The summed E-state index contributed by atoms with van der Waals surface area (Å²) in [5.41, 5.74) is -0.277. The monoisotopic (exact) mass is 395 g/mol.